The lowest BCUT2D eigenvalue weighted by Gasteiger charge is -2.18. The molecule has 0 aromatic heterocycles. The summed E-state index contributed by atoms with van der Waals surface area (Å²) in [6.07, 6.45) is 0.165. The first-order valence-electron chi connectivity index (χ1n) is 5.30. The summed E-state index contributed by atoms with van der Waals surface area (Å²) < 4.78 is 0. The van der Waals surface area contributed by atoms with Crippen LogP contribution < -0.4 is 5.73 Å². The molecule has 0 bridgehead atoms. The number of aliphatic hydroxyl groups excluding tert-OH is 1. The second-order valence-corrected chi connectivity index (χ2v) is 3.95. The van der Waals surface area contributed by atoms with E-state index < -0.39 is 6.10 Å². The van der Waals surface area contributed by atoms with Gasteiger partial charge in [0.05, 0.1) is 11.7 Å². The molecule has 4 nitrogen and oxygen atoms in total. The number of hydrogen-bond donors (Lipinski definition) is 2. The molecular weight excluding hydrogens is 204 g/mol. The van der Waals surface area contributed by atoms with Crippen LogP contribution in [0.2, 0.25) is 0 Å². The number of amides is 1. The third-order valence-corrected chi connectivity index (χ3v) is 2.42. The number of nitrogens with zero attached hydrogens (tertiary/aromatic N) is 1. The predicted molar refractivity (Wildman–Crippen MR) is 64.1 cm³/mol. The van der Waals surface area contributed by atoms with Gasteiger partial charge in [-0.05, 0) is 25.5 Å². The number of hydrogen-bond acceptors (Lipinski definition) is 3. The van der Waals surface area contributed by atoms with Crippen molar-refractivity contribution in [1.29, 1.82) is 0 Å². The molecule has 1 amide bonds. The Kier molecular flexibility index (Phi) is 4.31. The van der Waals surface area contributed by atoms with E-state index in [0.29, 0.717) is 24.2 Å². The fourth-order valence-corrected chi connectivity index (χ4v) is 1.38. The van der Waals surface area contributed by atoms with Crippen molar-refractivity contribution >= 4 is 11.6 Å². The van der Waals surface area contributed by atoms with E-state index in [1.165, 1.54) is 0 Å². The van der Waals surface area contributed by atoms with Gasteiger partial charge in [0, 0.05) is 19.3 Å². The van der Waals surface area contributed by atoms with Crippen LogP contribution in [-0.2, 0) is 0 Å². The minimum atomic E-state index is -0.400. The highest BCUT2D eigenvalue weighted by Gasteiger charge is 2.14. The minimum Gasteiger partial charge on any atom is -0.398 e. The summed E-state index contributed by atoms with van der Waals surface area (Å²) in [7, 11) is 1.71. The van der Waals surface area contributed by atoms with Crippen LogP contribution in [0.5, 0.6) is 0 Å². The molecule has 3 N–H and O–H groups in total. The molecule has 0 aliphatic carbocycles. The number of aliphatic hydroxyl groups is 1. The fraction of sp³-hybridized carbons (Fsp3) is 0.417. The molecule has 88 valence electrons. The van der Waals surface area contributed by atoms with E-state index in [2.05, 4.69) is 0 Å². The topological polar surface area (TPSA) is 66.6 Å². The van der Waals surface area contributed by atoms with Gasteiger partial charge < -0.3 is 15.7 Å². The van der Waals surface area contributed by atoms with Crippen molar-refractivity contribution in [3.8, 4) is 0 Å². The Hall–Kier alpha value is -1.55. The van der Waals surface area contributed by atoms with Crippen LogP contribution in [0.4, 0.5) is 5.69 Å². The van der Waals surface area contributed by atoms with Crippen LogP contribution in [0.25, 0.3) is 0 Å². The molecule has 0 fully saturated rings. The monoisotopic (exact) mass is 222 g/mol. The molecular formula is C12H18N2O2. The summed E-state index contributed by atoms with van der Waals surface area (Å²) in [4.78, 5) is 13.5. The lowest BCUT2D eigenvalue weighted by Crippen LogP contribution is -2.29. The molecule has 0 heterocycles. The van der Waals surface area contributed by atoms with E-state index >= 15 is 0 Å². The molecule has 1 aromatic carbocycles. The third kappa shape index (κ3) is 3.24. The zero-order chi connectivity index (χ0) is 12.1. The van der Waals surface area contributed by atoms with Gasteiger partial charge >= 0.3 is 0 Å². The maximum atomic E-state index is 11.9. The van der Waals surface area contributed by atoms with Gasteiger partial charge in [-0.25, -0.2) is 0 Å². The van der Waals surface area contributed by atoms with E-state index in [1.54, 1.807) is 43.1 Å². The number of carbonyl (C=O) groups is 1. The van der Waals surface area contributed by atoms with Gasteiger partial charge in [-0.3, -0.25) is 4.79 Å². The van der Waals surface area contributed by atoms with Gasteiger partial charge in [-0.1, -0.05) is 12.1 Å². The average Bonchev–Trinajstić information content (AvgIpc) is 2.25. The summed E-state index contributed by atoms with van der Waals surface area (Å²) in [5.41, 5.74) is 6.71. The first-order chi connectivity index (χ1) is 7.52. The summed E-state index contributed by atoms with van der Waals surface area (Å²) in [5, 5.41) is 9.15. The van der Waals surface area contributed by atoms with Crippen molar-refractivity contribution in [2.24, 2.45) is 0 Å². The molecule has 4 heteroatoms. The number of para-hydroxylation sites is 1. The van der Waals surface area contributed by atoms with E-state index in [-0.39, 0.29) is 5.91 Å². The number of carbonyl (C=O) groups excluding carboxylic acids is 1. The van der Waals surface area contributed by atoms with Crippen molar-refractivity contribution in [3.63, 3.8) is 0 Å². The lowest BCUT2D eigenvalue weighted by molar-refractivity contribution is 0.0770. The number of nitrogen functional groups attached to an aromatic ring is 1. The number of rotatable bonds is 4. The highest BCUT2D eigenvalue weighted by molar-refractivity contribution is 5.98. The van der Waals surface area contributed by atoms with Crippen molar-refractivity contribution in [3.05, 3.63) is 29.8 Å². The zero-order valence-electron chi connectivity index (χ0n) is 9.68. The number of nitrogens with two attached hydrogens (primary N) is 1. The third-order valence-electron chi connectivity index (χ3n) is 2.42. The van der Waals surface area contributed by atoms with Crippen LogP contribution in [-0.4, -0.2) is 35.6 Å². The predicted octanol–water partition coefficient (Wildman–Crippen LogP) is 1.11. The van der Waals surface area contributed by atoms with Crippen LogP contribution in [0.1, 0.15) is 23.7 Å². The highest BCUT2D eigenvalue weighted by atomic mass is 16.3. The maximum Gasteiger partial charge on any atom is 0.255 e. The van der Waals surface area contributed by atoms with Crippen molar-refractivity contribution in [2.45, 2.75) is 19.4 Å². The molecule has 16 heavy (non-hydrogen) atoms. The Morgan fingerprint density at radius 3 is 2.69 bits per heavy atom. The lowest BCUT2D eigenvalue weighted by atomic mass is 10.1. The molecule has 1 unspecified atom stereocenters. The molecule has 0 aliphatic heterocycles. The van der Waals surface area contributed by atoms with E-state index in [4.69, 9.17) is 10.8 Å². The molecule has 1 atom stereocenters. The van der Waals surface area contributed by atoms with Gasteiger partial charge in [0.2, 0.25) is 0 Å². The SMILES string of the molecule is CC(O)CCN(C)C(=O)c1ccccc1N. The number of anilines is 1. The van der Waals surface area contributed by atoms with Gasteiger partial charge in [-0.15, -0.1) is 0 Å². The van der Waals surface area contributed by atoms with Crippen LogP contribution in [0, 0.1) is 0 Å². The summed E-state index contributed by atoms with van der Waals surface area (Å²) in [5.74, 6) is -0.112. The zero-order valence-corrected chi connectivity index (χ0v) is 9.68. The van der Waals surface area contributed by atoms with Crippen molar-refractivity contribution < 1.29 is 9.90 Å². The quantitative estimate of drug-likeness (QED) is 0.750. The van der Waals surface area contributed by atoms with Gasteiger partial charge in [-0.2, -0.15) is 0 Å². The second-order valence-electron chi connectivity index (χ2n) is 3.95. The average molecular weight is 222 g/mol. The smallest absolute Gasteiger partial charge is 0.255 e. The molecule has 1 aromatic rings. The first kappa shape index (κ1) is 12.5. The molecule has 0 saturated heterocycles. The highest BCUT2D eigenvalue weighted by Crippen LogP contribution is 2.12. The standard InChI is InChI=1S/C12H18N2O2/c1-9(15)7-8-14(2)12(16)10-5-3-4-6-11(10)13/h3-6,9,15H,7-8,13H2,1-2H3. The van der Waals surface area contributed by atoms with Gasteiger partial charge in [0.15, 0.2) is 0 Å². The Morgan fingerprint density at radius 2 is 2.12 bits per heavy atom. The summed E-state index contributed by atoms with van der Waals surface area (Å²) in [6, 6.07) is 6.99. The van der Waals surface area contributed by atoms with E-state index in [0.717, 1.165) is 0 Å². The molecule has 0 aliphatic rings. The molecule has 0 radical (unpaired) electrons. The van der Waals surface area contributed by atoms with Crippen molar-refractivity contribution in [2.75, 3.05) is 19.3 Å². The Bertz CT molecular complexity index is 364. The summed E-state index contributed by atoms with van der Waals surface area (Å²) >= 11 is 0. The molecule has 0 saturated carbocycles. The van der Waals surface area contributed by atoms with Gasteiger partial charge in [0.1, 0.15) is 0 Å². The Morgan fingerprint density at radius 1 is 1.50 bits per heavy atom. The fourth-order valence-electron chi connectivity index (χ4n) is 1.38. The molecule has 0 spiro atoms. The summed E-state index contributed by atoms with van der Waals surface area (Å²) in [6.45, 7) is 2.22. The Labute approximate surface area is 95.7 Å². The van der Waals surface area contributed by atoms with Crippen LogP contribution in [0.3, 0.4) is 0 Å². The first-order valence-corrected chi connectivity index (χ1v) is 5.30. The second kappa shape index (κ2) is 5.51. The largest absolute Gasteiger partial charge is 0.398 e. The van der Waals surface area contributed by atoms with E-state index in [1.807, 2.05) is 0 Å². The van der Waals surface area contributed by atoms with Crippen LogP contribution in [0.15, 0.2) is 24.3 Å². The van der Waals surface area contributed by atoms with Crippen LogP contribution >= 0.6 is 0 Å². The molecule has 1 rings (SSSR count). The van der Waals surface area contributed by atoms with Gasteiger partial charge in [0.25, 0.3) is 5.91 Å². The van der Waals surface area contributed by atoms with Crippen molar-refractivity contribution in [1.82, 2.24) is 4.90 Å². The Balaban J connectivity index is 2.67. The number of benzene rings is 1. The maximum absolute atomic E-state index is 11.9. The van der Waals surface area contributed by atoms with E-state index in [9.17, 15) is 4.79 Å². The normalized spacial score (nSPS) is 12.2. The minimum absolute atomic E-state index is 0.112.